The van der Waals surface area contributed by atoms with Crippen molar-refractivity contribution < 1.29 is 21.3 Å². The molecule has 1 unspecified atom stereocenters. The standard InChI is InChI=1S/C30H27N2O/c1-18(2)26-17-32(5)27(13-20(26)4)28-19(3)11-12-23-25-15-21(16-31)14-24(29(25)33-30(23)28)22-9-7-6-8-10-22/h6-15,17-18H,1-5H3/q+1/i1D3,6D,7D,8D,9D,10D,18D. The van der Waals surface area contributed by atoms with E-state index in [1.807, 2.05) is 25.1 Å². The first-order valence-corrected chi connectivity index (χ1v) is 10.5. The maximum Gasteiger partial charge on any atom is 0.216 e. The highest BCUT2D eigenvalue weighted by Gasteiger charge is 2.24. The number of furan rings is 1. The van der Waals surface area contributed by atoms with E-state index < -0.39 is 43.0 Å². The van der Waals surface area contributed by atoms with Crippen LogP contribution < -0.4 is 4.57 Å². The van der Waals surface area contributed by atoms with Crippen molar-refractivity contribution in [2.24, 2.45) is 7.05 Å². The lowest BCUT2D eigenvalue weighted by molar-refractivity contribution is -0.660. The van der Waals surface area contributed by atoms with Gasteiger partial charge in [0.05, 0.1) is 24.0 Å². The second kappa shape index (κ2) is 7.90. The number of benzene rings is 3. The topological polar surface area (TPSA) is 40.8 Å². The number of nitrogens with zero attached hydrogens (tertiary/aromatic N) is 2. The van der Waals surface area contributed by atoms with Crippen LogP contribution in [-0.4, -0.2) is 0 Å². The van der Waals surface area contributed by atoms with E-state index in [1.165, 1.54) is 13.0 Å². The molecule has 0 N–H and O–H groups in total. The summed E-state index contributed by atoms with van der Waals surface area (Å²) in [6.45, 7) is 2.50. The molecule has 0 saturated heterocycles. The van der Waals surface area contributed by atoms with Crippen molar-refractivity contribution in [1.82, 2.24) is 0 Å². The number of hydrogen-bond acceptors (Lipinski definition) is 2. The molecule has 0 radical (unpaired) electrons. The fourth-order valence-electron chi connectivity index (χ4n) is 4.38. The SMILES string of the molecule is [2H]c1c([2H])c([2H])c(-c2cc(C#N)cc3c2oc2c(-c4cc(C)c(C([2H])(C)C([2H])([2H])[2H])c[n+]4C)c(C)ccc23)c([2H])c1[2H]. The summed E-state index contributed by atoms with van der Waals surface area (Å²) in [6.07, 6.45) is 1.65. The fraction of sp³-hybridized carbons (Fsp3) is 0.200. The molecular formula is C30H27N2O+. The Balaban J connectivity index is 1.87. The molecule has 33 heavy (non-hydrogen) atoms. The van der Waals surface area contributed by atoms with Crippen LogP contribution >= 0.6 is 0 Å². The average molecular weight is 441 g/mol. The van der Waals surface area contributed by atoms with Crippen LogP contribution in [0.15, 0.2) is 71.2 Å². The predicted molar refractivity (Wildman–Crippen MR) is 134 cm³/mol. The zero-order valence-electron chi connectivity index (χ0n) is 27.8. The third-order valence-corrected chi connectivity index (χ3v) is 5.99. The van der Waals surface area contributed by atoms with Gasteiger partial charge >= 0.3 is 0 Å². The molecule has 0 aliphatic heterocycles. The van der Waals surface area contributed by atoms with Crippen LogP contribution in [0.5, 0.6) is 0 Å². The fourth-order valence-corrected chi connectivity index (χ4v) is 4.38. The molecule has 1 atom stereocenters. The van der Waals surface area contributed by atoms with Crippen LogP contribution in [0.3, 0.4) is 0 Å². The van der Waals surface area contributed by atoms with Gasteiger partial charge in [-0.25, -0.2) is 4.57 Å². The van der Waals surface area contributed by atoms with Crippen LogP contribution in [-0.2, 0) is 7.05 Å². The zero-order chi connectivity index (χ0) is 31.0. The Morgan fingerprint density at radius 3 is 2.58 bits per heavy atom. The number of hydrogen-bond donors (Lipinski definition) is 0. The highest BCUT2D eigenvalue weighted by atomic mass is 16.3. The van der Waals surface area contributed by atoms with E-state index in [0.717, 1.165) is 5.56 Å². The van der Waals surface area contributed by atoms with Crippen LogP contribution in [0.1, 0.15) is 54.3 Å². The number of aryl methyl sites for hydroxylation is 3. The van der Waals surface area contributed by atoms with E-state index in [4.69, 9.17) is 16.8 Å². The van der Waals surface area contributed by atoms with Gasteiger partial charge in [-0.3, -0.25) is 0 Å². The Morgan fingerprint density at radius 2 is 1.85 bits per heavy atom. The summed E-state index contributed by atoms with van der Waals surface area (Å²) in [5.41, 5.74) is 4.34. The summed E-state index contributed by atoms with van der Waals surface area (Å²) in [4.78, 5) is 0. The summed E-state index contributed by atoms with van der Waals surface area (Å²) in [7, 11) is 1.76. The predicted octanol–water partition coefficient (Wildman–Crippen LogP) is 7.36. The molecule has 3 heteroatoms. The van der Waals surface area contributed by atoms with Crippen molar-refractivity contribution >= 4 is 21.9 Å². The lowest BCUT2D eigenvalue weighted by atomic mass is 9.95. The molecule has 5 aromatic rings. The zero-order valence-corrected chi connectivity index (χ0v) is 18.8. The molecule has 2 heterocycles. The molecule has 0 amide bonds. The van der Waals surface area contributed by atoms with Gasteiger partial charge in [-0.15, -0.1) is 0 Å². The normalized spacial score (nSPS) is 17.5. The first-order chi connectivity index (χ1) is 19.5. The molecular weight excluding hydrogens is 404 g/mol. The number of pyridine rings is 1. The van der Waals surface area contributed by atoms with Gasteiger partial charge < -0.3 is 4.42 Å². The first-order valence-electron chi connectivity index (χ1n) is 15.0. The van der Waals surface area contributed by atoms with E-state index in [9.17, 15) is 5.26 Å². The lowest BCUT2D eigenvalue weighted by Crippen LogP contribution is -2.32. The van der Waals surface area contributed by atoms with E-state index in [0.29, 0.717) is 38.7 Å². The van der Waals surface area contributed by atoms with Crippen molar-refractivity contribution in [3.63, 3.8) is 0 Å². The van der Waals surface area contributed by atoms with E-state index in [-0.39, 0.29) is 22.3 Å². The van der Waals surface area contributed by atoms with Gasteiger partial charge in [0.15, 0.2) is 6.20 Å². The van der Waals surface area contributed by atoms with Gasteiger partial charge in [0.1, 0.15) is 18.2 Å². The number of nitriles is 1. The minimum absolute atomic E-state index is 0.0643. The Morgan fingerprint density at radius 1 is 1.06 bits per heavy atom. The number of fused-ring (bicyclic) bond motifs is 3. The molecule has 162 valence electrons. The molecule has 0 bridgehead atoms. The van der Waals surface area contributed by atoms with E-state index in [1.54, 1.807) is 30.8 Å². The molecule has 0 spiro atoms. The minimum Gasteiger partial charge on any atom is -0.454 e. The molecule has 3 nitrogen and oxygen atoms in total. The van der Waals surface area contributed by atoms with Gasteiger partial charge in [0.25, 0.3) is 0 Å². The van der Waals surface area contributed by atoms with Gasteiger partial charge in [0, 0.05) is 33.4 Å². The molecule has 0 saturated carbocycles. The summed E-state index contributed by atoms with van der Waals surface area (Å²) in [6, 6.07) is 8.49. The van der Waals surface area contributed by atoms with Gasteiger partial charge in [-0.1, -0.05) is 56.1 Å². The quantitative estimate of drug-likeness (QED) is 0.275. The Hall–Kier alpha value is -3.90. The minimum atomic E-state index is -2.54. The van der Waals surface area contributed by atoms with E-state index in [2.05, 4.69) is 6.07 Å². The summed E-state index contributed by atoms with van der Waals surface area (Å²) < 4.78 is 81.9. The number of aromatic nitrogens is 1. The third kappa shape index (κ3) is 3.39. The van der Waals surface area contributed by atoms with Crippen LogP contribution in [0.25, 0.3) is 44.3 Å². The Kier molecular flexibility index (Phi) is 3.10. The van der Waals surface area contributed by atoms with Crippen molar-refractivity contribution in [2.45, 2.75) is 33.5 Å². The van der Waals surface area contributed by atoms with Crippen molar-refractivity contribution in [1.29, 1.82) is 5.26 Å². The van der Waals surface area contributed by atoms with E-state index >= 15 is 0 Å². The molecule has 0 fully saturated rings. The molecule has 2 aromatic heterocycles. The van der Waals surface area contributed by atoms with Gasteiger partial charge in [0.2, 0.25) is 5.69 Å². The highest BCUT2D eigenvalue weighted by molar-refractivity contribution is 6.13. The monoisotopic (exact) mass is 440 g/mol. The maximum atomic E-state index is 9.83. The summed E-state index contributed by atoms with van der Waals surface area (Å²) >= 11 is 0. The van der Waals surface area contributed by atoms with Crippen LogP contribution in [0, 0.1) is 25.2 Å². The van der Waals surface area contributed by atoms with Crippen molar-refractivity contribution in [3.05, 3.63) is 89.0 Å². The van der Waals surface area contributed by atoms with Crippen molar-refractivity contribution in [2.75, 3.05) is 0 Å². The molecule has 0 aliphatic rings. The molecule has 3 aromatic carbocycles. The largest absolute Gasteiger partial charge is 0.454 e. The Labute approximate surface area is 207 Å². The van der Waals surface area contributed by atoms with Crippen LogP contribution in [0.4, 0.5) is 0 Å². The molecule has 0 aliphatic carbocycles. The Bertz CT molecular complexity index is 1970. The van der Waals surface area contributed by atoms with Crippen LogP contribution in [0.2, 0.25) is 0 Å². The maximum absolute atomic E-state index is 9.83. The summed E-state index contributed by atoms with van der Waals surface area (Å²) in [5.74, 6) is -1.83. The van der Waals surface area contributed by atoms with Gasteiger partial charge in [-0.05, 0) is 48.6 Å². The summed E-state index contributed by atoms with van der Waals surface area (Å²) in [5, 5.41) is 11.0. The number of rotatable bonds is 3. The highest BCUT2D eigenvalue weighted by Crippen LogP contribution is 2.41. The smallest absolute Gasteiger partial charge is 0.216 e. The average Bonchev–Trinajstić information content (AvgIpc) is 3.29. The van der Waals surface area contributed by atoms with Crippen molar-refractivity contribution in [3.8, 4) is 28.5 Å². The van der Waals surface area contributed by atoms with Gasteiger partial charge in [-0.2, -0.15) is 5.26 Å². The third-order valence-electron chi connectivity index (χ3n) is 5.99. The first kappa shape index (κ1) is 13.0. The second-order valence-corrected chi connectivity index (χ2v) is 8.24. The second-order valence-electron chi connectivity index (χ2n) is 8.24. The molecule has 5 rings (SSSR count). The lowest BCUT2D eigenvalue weighted by Gasteiger charge is -2.11.